The molecular weight excluding hydrogens is 539 g/mol. The van der Waals surface area contributed by atoms with Crippen molar-refractivity contribution in [3.8, 4) is 0 Å². The quantitative estimate of drug-likeness (QED) is 0.339. The minimum atomic E-state index is -1.35. The Morgan fingerprint density at radius 2 is 0.935 bits per heavy atom. The summed E-state index contributed by atoms with van der Waals surface area (Å²) >= 11 is 1.51. The van der Waals surface area contributed by atoms with Crippen LogP contribution in [0.5, 0.6) is 0 Å². The first-order chi connectivity index (χ1) is 13.4. The molecule has 0 amide bonds. The van der Waals surface area contributed by atoms with Crippen LogP contribution < -0.4 is 24.8 Å². The van der Waals surface area contributed by atoms with E-state index in [4.69, 9.17) is 8.85 Å². The maximum absolute atomic E-state index is 5.95. The first-order valence-electron chi connectivity index (χ1n) is 10.6. The van der Waals surface area contributed by atoms with E-state index in [9.17, 15) is 0 Å². The fourth-order valence-electron chi connectivity index (χ4n) is 3.05. The molecule has 0 aliphatic heterocycles. The normalized spacial score (nSPS) is 12.6. The fraction of sp³-hybridized carbons (Fsp3) is 0.542. The molecule has 2 unspecified atom stereocenters. The van der Waals surface area contributed by atoms with E-state index >= 15 is 0 Å². The topological polar surface area (TPSA) is 18.5 Å². The van der Waals surface area contributed by atoms with Crippen molar-refractivity contribution in [2.45, 2.75) is 85.1 Å². The molecule has 2 aromatic rings. The third-order valence-electron chi connectivity index (χ3n) is 3.62. The second-order valence-electron chi connectivity index (χ2n) is 9.36. The third kappa shape index (κ3) is 23.3. The summed E-state index contributed by atoms with van der Waals surface area (Å²) in [5.74, 6) is 0. The summed E-state index contributed by atoms with van der Waals surface area (Å²) < 4.78 is 14.0. The van der Waals surface area contributed by atoms with E-state index in [0.29, 0.717) is 12.2 Å². The molecule has 0 radical (unpaired) electrons. The molecule has 31 heavy (non-hydrogen) atoms. The van der Waals surface area contributed by atoms with Crippen molar-refractivity contribution in [3.63, 3.8) is 0 Å². The Balaban J connectivity index is -0.000000424. The molecular formula is C24H42Cl2O2Si2Zr-2. The van der Waals surface area contributed by atoms with Crippen LogP contribution in [-0.2, 0) is 45.9 Å². The largest absolute Gasteiger partial charge is 1.00 e. The first-order valence-corrected chi connectivity index (χ1v) is 18.8. The van der Waals surface area contributed by atoms with E-state index < -0.39 is 16.6 Å². The molecule has 2 nitrogen and oxygen atoms in total. The van der Waals surface area contributed by atoms with Crippen LogP contribution in [0.15, 0.2) is 48.5 Å². The number of hydrogen-bond donors (Lipinski definition) is 0. The summed E-state index contributed by atoms with van der Waals surface area (Å²) in [7, 11) is -2.71. The van der Waals surface area contributed by atoms with Crippen LogP contribution in [0.1, 0.15) is 31.9 Å². The van der Waals surface area contributed by atoms with Crippen LogP contribution in [-0.4, -0.2) is 32.6 Å². The minimum Gasteiger partial charge on any atom is -1.00 e. The van der Waals surface area contributed by atoms with Crippen LogP contribution in [0.4, 0.5) is 0 Å². The molecule has 178 valence electrons. The monoisotopic (exact) mass is 578 g/mol. The smallest absolute Gasteiger partial charge is 1.00 e. The molecule has 0 bridgehead atoms. The van der Waals surface area contributed by atoms with E-state index in [1.807, 2.05) is 6.92 Å². The molecule has 0 spiro atoms. The molecule has 0 N–H and O–H groups in total. The van der Waals surface area contributed by atoms with Gasteiger partial charge in [-0.05, 0) is 66.0 Å². The zero-order chi connectivity index (χ0) is 22.5. The van der Waals surface area contributed by atoms with Crippen molar-refractivity contribution in [2.24, 2.45) is 0 Å². The molecule has 0 aliphatic carbocycles. The van der Waals surface area contributed by atoms with Crippen molar-refractivity contribution in [1.29, 1.82) is 0 Å². The average molecular weight is 581 g/mol. The minimum absolute atomic E-state index is 0. The number of halogens is 2. The average Bonchev–Trinajstić information content (AvgIpc) is 3.18. The Kier molecular flexibility index (Phi) is 21.8. The SMILES string of the molecule is CC(C[c-]1cccc1)O[Si](C)(C)C.CC(C[c-]1cccc1)O[Si](C)(C)C.C[CH]=[Zr+2].[Cl-].[Cl-]. The van der Waals surface area contributed by atoms with Crippen LogP contribution in [0.2, 0.25) is 39.3 Å². The maximum Gasteiger partial charge on any atom is -1.00 e. The summed E-state index contributed by atoms with van der Waals surface area (Å²) in [6.45, 7) is 19.7. The van der Waals surface area contributed by atoms with Gasteiger partial charge in [0.05, 0.1) is 0 Å². The van der Waals surface area contributed by atoms with E-state index in [2.05, 4.69) is 105 Å². The summed E-state index contributed by atoms with van der Waals surface area (Å²) in [5.41, 5.74) is 2.76. The zero-order valence-corrected chi connectivity index (χ0v) is 26.8. The Morgan fingerprint density at radius 1 is 0.710 bits per heavy atom. The predicted octanol–water partition coefficient (Wildman–Crippen LogP) is 0.739. The molecule has 7 heteroatoms. The Morgan fingerprint density at radius 3 is 1.13 bits per heavy atom. The summed E-state index contributed by atoms with van der Waals surface area (Å²) in [6, 6.07) is 16.9. The van der Waals surface area contributed by atoms with E-state index in [1.54, 1.807) is 0 Å². The van der Waals surface area contributed by atoms with Gasteiger partial charge >= 0.3 is 34.9 Å². The van der Waals surface area contributed by atoms with Crippen LogP contribution in [0.25, 0.3) is 0 Å². The number of hydrogen-bond acceptors (Lipinski definition) is 2. The maximum atomic E-state index is 5.95. The van der Waals surface area contributed by atoms with Crippen molar-refractivity contribution in [1.82, 2.24) is 0 Å². The van der Waals surface area contributed by atoms with Gasteiger partial charge in [0.25, 0.3) is 0 Å². The van der Waals surface area contributed by atoms with Crippen molar-refractivity contribution >= 4 is 20.3 Å². The van der Waals surface area contributed by atoms with Crippen LogP contribution in [0, 0.1) is 0 Å². The summed E-state index contributed by atoms with van der Waals surface area (Å²) in [4.78, 5) is 0. The molecule has 0 fully saturated rings. The molecule has 2 aromatic carbocycles. The van der Waals surface area contributed by atoms with Crippen LogP contribution >= 0.6 is 0 Å². The van der Waals surface area contributed by atoms with Gasteiger partial charge in [0.1, 0.15) is 0 Å². The van der Waals surface area contributed by atoms with Gasteiger partial charge in [0, 0.05) is 12.2 Å². The second kappa shape index (κ2) is 18.8. The fourth-order valence-corrected chi connectivity index (χ4v) is 5.64. The zero-order valence-electron chi connectivity index (χ0n) is 20.8. The standard InChI is InChI=1S/2C11H19OSi.C2H4.2ClH.Zr/c2*1-10(12-13(2,3)4)9-11-7-5-6-8-11;1-2;;;/h2*5-8,10H,9H2,1-4H3;1H,2H3;2*1H;/q2*-1;;;;+2/p-2. The van der Waals surface area contributed by atoms with Crippen molar-refractivity contribution in [3.05, 3.63) is 59.7 Å². The van der Waals surface area contributed by atoms with Gasteiger partial charge in [0.2, 0.25) is 0 Å². The van der Waals surface area contributed by atoms with Crippen LogP contribution in [0.3, 0.4) is 0 Å². The molecule has 0 aromatic heterocycles. The molecule has 2 atom stereocenters. The molecule has 0 heterocycles. The molecule has 0 aliphatic rings. The summed E-state index contributed by atoms with van der Waals surface area (Å²) in [5, 5.41) is 0. The molecule has 2 rings (SSSR count). The van der Waals surface area contributed by atoms with Crippen molar-refractivity contribution < 1.29 is 57.9 Å². The van der Waals surface area contributed by atoms with Gasteiger partial charge in [-0.25, -0.2) is 24.3 Å². The summed E-state index contributed by atoms with van der Waals surface area (Å²) in [6.07, 6.45) is 2.79. The van der Waals surface area contributed by atoms with Gasteiger partial charge in [-0.2, -0.15) is 35.4 Å². The Bertz CT molecular complexity index is 579. The van der Waals surface area contributed by atoms with Gasteiger partial charge in [-0.15, -0.1) is 0 Å². The van der Waals surface area contributed by atoms with Crippen molar-refractivity contribution in [2.75, 3.05) is 0 Å². The number of rotatable bonds is 8. The van der Waals surface area contributed by atoms with Gasteiger partial charge in [-0.3, -0.25) is 0 Å². The third-order valence-corrected chi connectivity index (χ3v) is 5.84. The predicted molar refractivity (Wildman–Crippen MR) is 131 cm³/mol. The molecule has 0 saturated carbocycles. The molecule has 0 saturated heterocycles. The van der Waals surface area contributed by atoms with Gasteiger partial charge < -0.3 is 33.7 Å². The van der Waals surface area contributed by atoms with E-state index in [0.717, 1.165) is 12.8 Å². The van der Waals surface area contributed by atoms with E-state index in [-0.39, 0.29) is 24.8 Å². The van der Waals surface area contributed by atoms with E-state index in [1.165, 1.54) is 35.4 Å². The second-order valence-corrected chi connectivity index (χ2v) is 19.7. The first kappa shape index (κ1) is 36.0. The van der Waals surface area contributed by atoms with Gasteiger partial charge in [-0.1, -0.05) is 0 Å². The Hall–Kier alpha value is 0.387. The van der Waals surface area contributed by atoms with Gasteiger partial charge in [0.15, 0.2) is 16.6 Å². The Labute approximate surface area is 221 Å².